The first-order valence-electron chi connectivity index (χ1n) is 7.52. The Labute approximate surface area is 133 Å². The third-order valence-electron chi connectivity index (χ3n) is 4.27. The van der Waals surface area contributed by atoms with Crippen molar-refractivity contribution in [3.63, 3.8) is 0 Å². The highest BCUT2D eigenvalue weighted by molar-refractivity contribution is 6.00. The first-order chi connectivity index (χ1) is 11.0. The Kier molecular flexibility index (Phi) is 3.94. The molecule has 1 aromatic carbocycles. The summed E-state index contributed by atoms with van der Waals surface area (Å²) in [6, 6.07) is 6.66. The average Bonchev–Trinajstić information content (AvgIpc) is 2.95. The molecule has 23 heavy (non-hydrogen) atoms. The summed E-state index contributed by atoms with van der Waals surface area (Å²) in [7, 11) is 1.66. The highest BCUT2D eigenvalue weighted by Gasteiger charge is 2.43. The van der Waals surface area contributed by atoms with Gasteiger partial charge < -0.3 is 19.6 Å². The fourth-order valence-electron chi connectivity index (χ4n) is 3.11. The van der Waals surface area contributed by atoms with Gasteiger partial charge in [0.05, 0.1) is 18.7 Å². The first kappa shape index (κ1) is 15.3. The van der Waals surface area contributed by atoms with E-state index in [4.69, 9.17) is 9.84 Å². The van der Waals surface area contributed by atoms with Crippen molar-refractivity contribution >= 4 is 23.5 Å². The molecule has 2 atom stereocenters. The molecule has 1 N–H and O–H groups in total. The van der Waals surface area contributed by atoms with Gasteiger partial charge >= 0.3 is 5.97 Å². The van der Waals surface area contributed by atoms with Gasteiger partial charge in [0, 0.05) is 19.9 Å². The van der Waals surface area contributed by atoms with E-state index in [1.54, 1.807) is 19.2 Å². The van der Waals surface area contributed by atoms with Gasteiger partial charge in [-0.1, -0.05) is 12.1 Å². The quantitative estimate of drug-likeness (QED) is 0.894. The number of amides is 2. The largest absolute Gasteiger partial charge is 0.486 e. The number of carbonyl (C=O) groups is 3. The number of carboxylic acid groups (broad SMARTS) is 1. The van der Waals surface area contributed by atoms with Crippen molar-refractivity contribution in [2.24, 2.45) is 0 Å². The normalized spacial score (nSPS) is 22.9. The minimum atomic E-state index is -1.03. The Morgan fingerprint density at radius 2 is 2.04 bits per heavy atom. The third kappa shape index (κ3) is 2.86. The molecule has 2 aliphatic rings. The lowest BCUT2D eigenvalue weighted by Gasteiger charge is -2.29. The molecule has 2 unspecified atom stereocenters. The van der Waals surface area contributed by atoms with Crippen molar-refractivity contribution in [1.82, 2.24) is 4.90 Å². The predicted molar refractivity (Wildman–Crippen MR) is 81.3 cm³/mol. The van der Waals surface area contributed by atoms with Crippen LogP contribution < -0.4 is 9.64 Å². The molecule has 0 spiro atoms. The van der Waals surface area contributed by atoms with Crippen LogP contribution >= 0.6 is 0 Å². The standard InChI is InChI=1S/C16H18N2O5/c1-17-11-4-2-3-5-13(11)23-10-8-12(16(17)22)18(9-10)14(19)6-7-15(20)21/h2-5,10,12H,6-9H2,1H3,(H,20,21). The molecule has 2 bridgehead atoms. The van der Waals surface area contributed by atoms with Crippen molar-refractivity contribution in [1.29, 1.82) is 0 Å². The Morgan fingerprint density at radius 3 is 2.78 bits per heavy atom. The number of nitrogens with zero attached hydrogens (tertiary/aromatic N) is 2. The number of rotatable bonds is 3. The number of carboxylic acids is 1. The molecule has 0 radical (unpaired) electrons. The van der Waals surface area contributed by atoms with E-state index in [0.717, 1.165) is 0 Å². The summed E-state index contributed by atoms with van der Waals surface area (Å²) in [4.78, 5) is 38.6. The summed E-state index contributed by atoms with van der Waals surface area (Å²) in [6.45, 7) is 0.303. The molecule has 7 heteroatoms. The summed E-state index contributed by atoms with van der Waals surface area (Å²) in [5.41, 5.74) is 0.673. The molecule has 2 amide bonds. The number of fused-ring (bicyclic) bond motifs is 3. The lowest BCUT2D eigenvalue weighted by molar-refractivity contribution is -0.142. The van der Waals surface area contributed by atoms with Crippen molar-refractivity contribution in [2.75, 3.05) is 18.5 Å². The number of anilines is 1. The Morgan fingerprint density at radius 1 is 1.30 bits per heavy atom. The fourth-order valence-corrected chi connectivity index (χ4v) is 3.11. The molecular formula is C16H18N2O5. The van der Waals surface area contributed by atoms with Crippen molar-refractivity contribution in [3.05, 3.63) is 24.3 Å². The Bertz CT molecular complexity index is 660. The summed E-state index contributed by atoms with van der Waals surface area (Å²) >= 11 is 0. The van der Waals surface area contributed by atoms with Crippen molar-refractivity contribution < 1.29 is 24.2 Å². The van der Waals surface area contributed by atoms with Gasteiger partial charge in [0.15, 0.2) is 0 Å². The minimum Gasteiger partial charge on any atom is -0.486 e. The topological polar surface area (TPSA) is 87.2 Å². The SMILES string of the molecule is CN1C(=O)C2CC(CN2C(=O)CCC(=O)O)Oc2ccccc21. The number of benzene rings is 1. The van der Waals surface area contributed by atoms with Gasteiger partial charge in [-0.2, -0.15) is 0 Å². The molecule has 122 valence electrons. The molecule has 0 aliphatic carbocycles. The maximum Gasteiger partial charge on any atom is 0.303 e. The van der Waals surface area contributed by atoms with Crippen LogP contribution in [0.2, 0.25) is 0 Å². The van der Waals surface area contributed by atoms with Gasteiger partial charge in [0.1, 0.15) is 17.9 Å². The van der Waals surface area contributed by atoms with Crippen LogP contribution in [0.5, 0.6) is 5.75 Å². The predicted octanol–water partition coefficient (Wildman–Crippen LogP) is 0.876. The van der Waals surface area contributed by atoms with Crippen LogP contribution in [-0.2, 0) is 14.4 Å². The molecule has 7 nitrogen and oxygen atoms in total. The van der Waals surface area contributed by atoms with Crippen LogP contribution in [0.1, 0.15) is 19.3 Å². The van der Waals surface area contributed by atoms with E-state index in [0.29, 0.717) is 24.4 Å². The van der Waals surface area contributed by atoms with E-state index in [-0.39, 0.29) is 30.8 Å². The van der Waals surface area contributed by atoms with Gasteiger partial charge in [-0.15, -0.1) is 0 Å². The van der Waals surface area contributed by atoms with Crippen molar-refractivity contribution in [2.45, 2.75) is 31.4 Å². The Balaban J connectivity index is 1.85. The summed E-state index contributed by atoms with van der Waals surface area (Å²) in [5.74, 6) is -0.906. The van der Waals surface area contributed by atoms with Crippen LogP contribution in [0.3, 0.4) is 0 Å². The smallest absolute Gasteiger partial charge is 0.303 e. The van der Waals surface area contributed by atoms with Crippen LogP contribution in [0, 0.1) is 0 Å². The van der Waals surface area contributed by atoms with Gasteiger partial charge in [0.25, 0.3) is 0 Å². The third-order valence-corrected chi connectivity index (χ3v) is 4.27. The molecule has 0 saturated carbocycles. The second kappa shape index (κ2) is 5.91. The maximum atomic E-state index is 12.7. The van der Waals surface area contributed by atoms with E-state index in [1.807, 2.05) is 12.1 Å². The van der Waals surface area contributed by atoms with E-state index in [9.17, 15) is 14.4 Å². The molecule has 2 heterocycles. The molecule has 2 aliphatic heterocycles. The number of likely N-dealkylation sites (tertiary alicyclic amines) is 1. The van der Waals surface area contributed by atoms with Gasteiger partial charge in [-0.25, -0.2) is 0 Å². The van der Waals surface area contributed by atoms with Gasteiger partial charge in [0.2, 0.25) is 11.8 Å². The number of para-hydroxylation sites is 2. The van der Waals surface area contributed by atoms with Crippen LogP contribution in [0.25, 0.3) is 0 Å². The second-order valence-corrected chi connectivity index (χ2v) is 5.80. The molecule has 1 saturated heterocycles. The Hall–Kier alpha value is -2.57. The molecular weight excluding hydrogens is 300 g/mol. The van der Waals surface area contributed by atoms with Gasteiger partial charge in [-0.05, 0) is 12.1 Å². The molecule has 1 fully saturated rings. The number of hydrogen-bond acceptors (Lipinski definition) is 4. The van der Waals surface area contributed by atoms with E-state index in [1.165, 1.54) is 9.80 Å². The van der Waals surface area contributed by atoms with Crippen LogP contribution in [0.4, 0.5) is 5.69 Å². The summed E-state index contributed by atoms with van der Waals surface area (Å²) in [5, 5.41) is 8.72. The molecule has 3 rings (SSSR count). The number of likely N-dealkylation sites (N-methyl/N-ethyl adjacent to an activating group) is 1. The zero-order chi connectivity index (χ0) is 16.6. The summed E-state index contributed by atoms with van der Waals surface area (Å²) in [6.07, 6.45) is -0.177. The lowest BCUT2D eigenvalue weighted by atomic mass is 10.1. The second-order valence-electron chi connectivity index (χ2n) is 5.80. The lowest BCUT2D eigenvalue weighted by Crippen LogP contribution is -2.46. The van der Waals surface area contributed by atoms with E-state index < -0.39 is 12.0 Å². The fraction of sp³-hybridized carbons (Fsp3) is 0.438. The van der Waals surface area contributed by atoms with Crippen LogP contribution in [0.15, 0.2) is 24.3 Å². The number of carbonyl (C=O) groups excluding carboxylic acids is 2. The summed E-state index contributed by atoms with van der Waals surface area (Å²) < 4.78 is 5.95. The monoisotopic (exact) mass is 318 g/mol. The zero-order valence-corrected chi connectivity index (χ0v) is 12.8. The number of ether oxygens (including phenoxy) is 1. The highest BCUT2D eigenvalue weighted by Crippen LogP contribution is 2.35. The van der Waals surface area contributed by atoms with E-state index in [2.05, 4.69) is 0 Å². The maximum absolute atomic E-state index is 12.7. The number of aliphatic carboxylic acids is 1. The number of hydrogen-bond donors (Lipinski definition) is 1. The first-order valence-corrected chi connectivity index (χ1v) is 7.52. The molecule has 1 aromatic rings. The van der Waals surface area contributed by atoms with Gasteiger partial charge in [-0.3, -0.25) is 14.4 Å². The average molecular weight is 318 g/mol. The molecule has 0 aromatic heterocycles. The van der Waals surface area contributed by atoms with Crippen molar-refractivity contribution in [3.8, 4) is 5.75 Å². The zero-order valence-electron chi connectivity index (χ0n) is 12.8. The van der Waals surface area contributed by atoms with E-state index >= 15 is 0 Å². The minimum absolute atomic E-state index is 0.109. The highest BCUT2D eigenvalue weighted by atomic mass is 16.5. The van der Waals surface area contributed by atoms with Crippen LogP contribution in [-0.4, -0.2) is 53.5 Å².